The first-order valence-electron chi connectivity index (χ1n) is 6.23. The highest BCUT2D eigenvalue weighted by Gasteiger charge is 2.33. The molecule has 0 saturated heterocycles. The predicted molar refractivity (Wildman–Crippen MR) is 71.0 cm³/mol. The van der Waals surface area contributed by atoms with Gasteiger partial charge in [0.05, 0.1) is 0 Å². The summed E-state index contributed by atoms with van der Waals surface area (Å²) in [5.41, 5.74) is 1.37. The van der Waals surface area contributed by atoms with Gasteiger partial charge in [-0.3, -0.25) is 0 Å². The lowest BCUT2D eigenvalue weighted by atomic mass is 10.0. The number of rotatable bonds is 2. The van der Waals surface area contributed by atoms with E-state index in [0.29, 0.717) is 17.7 Å². The molecule has 1 aliphatic heterocycles. The molecule has 20 heavy (non-hydrogen) atoms. The zero-order chi connectivity index (χ0) is 14.3. The SMILES string of the molecule is Oc1ccc2c(c1)OC(Cc1ccc(O)c(O)c1)C2O. The molecule has 5 nitrogen and oxygen atoms in total. The fourth-order valence-electron chi connectivity index (χ4n) is 2.38. The van der Waals surface area contributed by atoms with Crippen LogP contribution in [0, 0.1) is 0 Å². The van der Waals surface area contributed by atoms with Crippen LogP contribution in [0.5, 0.6) is 23.0 Å². The summed E-state index contributed by atoms with van der Waals surface area (Å²) in [4.78, 5) is 0. The van der Waals surface area contributed by atoms with Gasteiger partial charge in [0, 0.05) is 18.1 Å². The highest BCUT2D eigenvalue weighted by atomic mass is 16.5. The van der Waals surface area contributed by atoms with Crippen LogP contribution >= 0.6 is 0 Å². The lowest BCUT2D eigenvalue weighted by Crippen LogP contribution is -2.21. The Morgan fingerprint density at radius 2 is 1.75 bits per heavy atom. The minimum atomic E-state index is -0.790. The molecule has 2 unspecified atom stereocenters. The van der Waals surface area contributed by atoms with Crippen molar-refractivity contribution in [2.75, 3.05) is 0 Å². The van der Waals surface area contributed by atoms with Crippen LogP contribution in [0.15, 0.2) is 36.4 Å². The lowest BCUT2D eigenvalue weighted by molar-refractivity contribution is 0.0678. The number of hydrogen-bond donors (Lipinski definition) is 4. The first kappa shape index (κ1) is 12.6. The zero-order valence-corrected chi connectivity index (χ0v) is 10.5. The monoisotopic (exact) mass is 274 g/mol. The number of ether oxygens (including phenoxy) is 1. The number of fused-ring (bicyclic) bond motifs is 1. The standard InChI is InChI=1S/C15H14O5/c16-9-2-3-10-13(7-9)20-14(15(10)19)6-8-1-4-11(17)12(18)5-8/h1-5,7,14-19H,6H2. The third-order valence-electron chi connectivity index (χ3n) is 3.42. The second-order valence-corrected chi connectivity index (χ2v) is 4.85. The molecule has 0 bridgehead atoms. The minimum Gasteiger partial charge on any atom is -0.508 e. The van der Waals surface area contributed by atoms with Crippen LogP contribution in [-0.4, -0.2) is 26.5 Å². The van der Waals surface area contributed by atoms with E-state index in [1.807, 2.05) is 0 Å². The normalized spacial score (nSPS) is 20.4. The van der Waals surface area contributed by atoms with Crippen molar-refractivity contribution < 1.29 is 25.2 Å². The maximum absolute atomic E-state index is 10.2. The van der Waals surface area contributed by atoms with E-state index in [0.717, 1.165) is 5.56 Å². The Labute approximate surface area is 115 Å². The molecule has 2 aromatic carbocycles. The molecular weight excluding hydrogens is 260 g/mol. The highest BCUT2D eigenvalue weighted by Crippen LogP contribution is 2.40. The second-order valence-electron chi connectivity index (χ2n) is 4.85. The molecule has 0 fully saturated rings. The van der Waals surface area contributed by atoms with E-state index in [1.54, 1.807) is 12.1 Å². The molecule has 0 amide bonds. The molecule has 2 atom stereocenters. The second kappa shape index (κ2) is 4.61. The summed E-state index contributed by atoms with van der Waals surface area (Å²) in [7, 11) is 0. The van der Waals surface area contributed by atoms with Gasteiger partial charge in [0.15, 0.2) is 11.5 Å². The Balaban J connectivity index is 1.81. The van der Waals surface area contributed by atoms with Gasteiger partial charge in [-0.1, -0.05) is 6.07 Å². The molecule has 0 saturated carbocycles. The molecule has 104 valence electrons. The maximum Gasteiger partial charge on any atom is 0.157 e. The van der Waals surface area contributed by atoms with Crippen LogP contribution < -0.4 is 4.74 Å². The van der Waals surface area contributed by atoms with Crippen LogP contribution in [-0.2, 0) is 6.42 Å². The van der Waals surface area contributed by atoms with Crippen LogP contribution in [0.1, 0.15) is 17.2 Å². The van der Waals surface area contributed by atoms with Crippen molar-refractivity contribution in [3.63, 3.8) is 0 Å². The first-order valence-corrected chi connectivity index (χ1v) is 6.23. The van der Waals surface area contributed by atoms with Crippen LogP contribution in [0.4, 0.5) is 0 Å². The number of hydrogen-bond acceptors (Lipinski definition) is 5. The van der Waals surface area contributed by atoms with Crippen LogP contribution in [0.3, 0.4) is 0 Å². The van der Waals surface area contributed by atoms with E-state index >= 15 is 0 Å². The molecule has 1 aliphatic rings. The van der Waals surface area contributed by atoms with Crippen molar-refractivity contribution >= 4 is 0 Å². The van der Waals surface area contributed by atoms with E-state index in [-0.39, 0.29) is 17.2 Å². The average molecular weight is 274 g/mol. The van der Waals surface area contributed by atoms with Crippen LogP contribution in [0.2, 0.25) is 0 Å². The number of aliphatic hydroxyl groups excluding tert-OH is 1. The number of benzene rings is 2. The number of aliphatic hydroxyl groups is 1. The fourth-order valence-corrected chi connectivity index (χ4v) is 2.38. The largest absolute Gasteiger partial charge is 0.508 e. The molecule has 0 aromatic heterocycles. The molecule has 0 radical (unpaired) electrons. The Hall–Kier alpha value is -2.40. The van der Waals surface area contributed by atoms with E-state index in [2.05, 4.69) is 0 Å². The third kappa shape index (κ3) is 2.12. The van der Waals surface area contributed by atoms with Gasteiger partial charge in [0.2, 0.25) is 0 Å². The highest BCUT2D eigenvalue weighted by molar-refractivity contribution is 5.45. The van der Waals surface area contributed by atoms with Gasteiger partial charge in [-0.15, -0.1) is 0 Å². The molecular formula is C15H14O5. The van der Waals surface area contributed by atoms with E-state index in [9.17, 15) is 20.4 Å². The number of phenolic OH excluding ortho intramolecular Hbond substituents is 3. The fraction of sp³-hybridized carbons (Fsp3) is 0.200. The lowest BCUT2D eigenvalue weighted by Gasteiger charge is -2.14. The van der Waals surface area contributed by atoms with Gasteiger partial charge >= 0.3 is 0 Å². The van der Waals surface area contributed by atoms with Gasteiger partial charge in [0.25, 0.3) is 0 Å². The minimum absolute atomic E-state index is 0.0823. The molecule has 2 aromatic rings. The summed E-state index contributed by atoms with van der Waals surface area (Å²) in [6.07, 6.45) is -0.901. The summed E-state index contributed by atoms with van der Waals surface area (Å²) >= 11 is 0. The molecule has 4 N–H and O–H groups in total. The van der Waals surface area contributed by atoms with Crippen molar-refractivity contribution in [2.24, 2.45) is 0 Å². The van der Waals surface area contributed by atoms with Crippen molar-refractivity contribution in [1.82, 2.24) is 0 Å². The predicted octanol–water partition coefficient (Wildman–Crippen LogP) is 1.84. The molecule has 5 heteroatoms. The average Bonchev–Trinajstić information content (AvgIpc) is 2.70. The maximum atomic E-state index is 10.2. The van der Waals surface area contributed by atoms with Crippen molar-refractivity contribution in [3.8, 4) is 23.0 Å². The molecule has 1 heterocycles. The summed E-state index contributed by atoms with van der Waals surface area (Å²) < 4.78 is 5.62. The van der Waals surface area contributed by atoms with Gasteiger partial charge in [-0.05, 0) is 29.8 Å². The Kier molecular flexibility index (Phi) is 2.91. The van der Waals surface area contributed by atoms with Crippen LogP contribution in [0.25, 0.3) is 0 Å². The van der Waals surface area contributed by atoms with Gasteiger partial charge < -0.3 is 25.2 Å². The third-order valence-corrected chi connectivity index (χ3v) is 3.42. The van der Waals surface area contributed by atoms with Gasteiger partial charge in [0.1, 0.15) is 23.7 Å². The first-order chi connectivity index (χ1) is 9.54. The topological polar surface area (TPSA) is 90.2 Å². The van der Waals surface area contributed by atoms with E-state index in [1.165, 1.54) is 24.3 Å². The smallest absolute Gasteiger partial charge is 0.157 e. The molecule has 0 spiro atoms. The Morgan fingerprint density at radius 1 is 0.950 bits per heavy atom. The Bertz CT molecular complexity index is 653. The van der Waals surface area contributed by atoms with Crippen molar-refractivity contribution in [2.45, 2.75) is 18.6 Å². The summed E-state index contributed by atoms with van der Waals surface area (Å²) in [6.45, 7) is 0. The summed E-state index contributed by atoms with van der Waals surface area (Å²) in [5.74, 6) is 0.157. The molecule has 3 rings (SSSR count). The zero-order valence-electron chi connectivity index (χ0n) is 10.5. The van der Waals surface area contributed by atoms with E-state index < -0.39 is 12.2 Å². The van der Waals surface area contributed by atoms with Crippen molar-refractivity contribution in [3.05, 3.63) is 47.5 Å². The number of phenols is 3. The van der Waals surface area contributed by atoms with Gasteiger partial charge in [-0.25, -0.2) is 0 Å². The van der Waals surface area contributed by atoms with Gasteiger partial charge in [-0.2, -0.15) is 0 Å². The van der Waals surface area contributed by atoms with E-state index in [4.69, 9.17) is 4.74 Å². The Morgan fingerprint density at radius 3 is 2.50 bits per heavy atom. The van der Waals surface area contributed by atoms with Crippen molar-refractivity contribution in [1.29, 1.82) is 0 Å². The number of aromatic hydroxyl groups is 3. The molecule has 0 aliphatic carbocycles. The summed E-state index contributed by atoms with van der Waals surface area (Å²) in [6, 6.07) is 9.08. The quantitative estimate of drug-likeness (QED) is 0.627. The summed E-state index contributed by atoms with van der Waals surface area (Å²) in [5, 5.41) is 38.3.